The number of hydrogen-bond donors (Lipinski definition) is 0. The lowest BCUT2D eigenvalue weighted by Crippen LogP contribution is -2.17. The van der Waals surface area contributed by atoms with Crippen molar-refractivity contribution in [3.05, 3.63) is 60.0 Å². The second-order valence-electron chi connectivity index (χ2n) is 5.66. The predicted molar refractivity (Wildman–Crippen MR) is 87.0 cm³/mol. The van der Waals surface area contributed by atoms with Gasteiger partial charge in [-0.2, -0.15) is 10.1 Å². The van der Waals surface area contributed by atoms with E-state index in [0.29, 0.717) is 12.4 Å². The Morgan fingerprint density at radius 2 is 2.00 bits per heavy atom. The van der Waals surface area contributed by atoms with E-state index in [-0.39, 0.29) is 0 Å². The van der Waals surface area contributed by atoms with E-state index in [1.54, 1.807) is 0 Å². The number of aryl methyl sites for hydroxylation is 1. The average molecular weight is 311 g/mol. The van der Waals surface area contributed by atoms with Crippen LogP contribution in [0, 0.1) is 0 Å². The zero-order chi connectivity index (χ0) is 16.1. The van der Waals surface area contributed by atoms with Gasteiger partial charge in [0.25, 0.3) is 0 Å². The molecule has 2 heterocycles. The van der Waals surface area contributed by atoms with Crippen molar-refractivity contribution in [1.82, 2.24) is 24.8 Å². The molecule has 3 aromatic rings. The summed E-state index contributed by atoms with van der Waals surface area (Å²) in [6.45, 7) is 3.51. The topological polar surface area (TPSA) is 60.0 Å². The van der Waals surface area contributed by atoms with Crippen LogP contribution in [0.2, 0.25) is 0 Å². The van der Waals surface area contributed by atoms with Gasteiger partial charge in [-0.05, 0) is 25.6 Å². The highest BCUT2D eigenvalue weighted by Gasteiger charge is 2.10. The van der Waals surface area contributed by atoms with Crippen molar-refractivity contribution in [2.24, 2.45) is 0 Å². The van der Waals surface area contributed by atoms with E-state index in [2.05, 4.69) is 27.1 Å². The number of benzene rings is 1. The summed E-state index contributed by atoms with van der Waals surface area (Å²) in [6, 6.07) is 10.1. The second kappa shape index (κ2) is 7.19. The van der Waals surface area contributed by atoms with E-state index in [1.807, 2.05) is 54.5 Å². The first-order chi connectivity index (χ1) is 11.2. The molecule has 1 aromatic carbocycles. The molecule has 0 saturated carbocycles. The number of aromatic nitrogens is 4. The fourth-order valence-corrected chi connectivity index (χ4v) is 2.44. The Balaban J connectivity index is 1.59. The molecule has 0 bridgehead atoms. The summed E-state index contributed by atoms with van der Waals surface area (Å²) in [5.74, 6) is 1.44. The fourth-order valence-electron chi connectivity index (χ4n) is 2.44. The third-order valence-electron chi connectivity index (χ3n) is 3.50. The lowest BCUT2D eigenvalue weighted by Gasteiger charge is -2.12. The summed E-state index contributed by atoms with van der Waals surface area (Å²) < 4.78 is 7.16. The van der Waals surface area contributed by atoms with Crippen molar-refractivity contribution < 1.29 is 4.52 Å². The van der Waals surface area contributed by atoms with Crippen LogP contribution in [0.25, 0.3) is 5.69 Å². The van der Waals surface area contributed by atoms with Gasteiger partial charge in [-0.15, -0.1) is 0 Å². The van der Waals surface area contributed by atoms with E-state index in [4.69, 9.17) is 4.52 Å². The Morgan fingerprint density at radius 3 is 2.78 bits per heavy atom. The molecule has 120 valence electrons. The van der Waals surface area contributed by atoms with Crippen LogP contribution in [0.15, 0.2) is 47.2 Å². The van der Waals surface area contributed by atoms with Gasteiger partial charge in [0.2, 0.25) is 5.89 Å². The molecule has 0 aliphatic heterocycles. The van der Waals surface area contributed by atoms with Crippen LogP contribution in [-0.2, 0) is 19.5 Å². The largest absolute Gasteiger partial charge is 0.338 e. The Bertz CT molecular complexity index is 734. The quantitative estimate of drug-likeness (QED) is 0.671. The Hall–Kier alpha value is -2.47. The molecule has 0 atom stereocenters. The van der Waals surface area contributed by atoms with E-state index in [0.717, 1.165) is 36.5 Å². The number of rotatable bonds is 7. The summed E-state index contributed by atoms with van der Waals surface area (Å²) in [6.07, 6.45) is 5.81. The molecule has 0 amide bonds. The van der Waals surface area contributed by atoms with Crippen LogP contribution in [0.4, 0.5) is 0 Å². The lowest BCUT2D eigenvalue weighted by molar-refractivity contribution is 0.260. The lowest BCUT2D eigenvalue weighted by atomic mass is 10.3. The monoisotopic (exact) mass is 311 g/mol. The van der Waals surface area contributed by atoms with Gasteiger partial charge in [0.1, 0.15) is 0 Å². The maximum absolute atomic E-state index is 5.28. The van der Waals surface area contributed by atoms with Crippen molar-refractivity contribution >= 4 is 0 Å². The third kappa shape index (κ3) is 4.04. The zero-order valence-electron chi connectivity index (χ0n) is 13.5. The summed E-state index contributed by atoms with van der Waals surface area (Å²) in [5, 5.41) is 8.39. The van der Waals surface area contributed by atoms with Crippen molar-refractivity contribution in [2.75, 3.05) is 7.05 Å². The average Bonchev–Trinajstić information content (AvgIpc) is 3.18. The van der Waals surface area contributed by atoms with Crippen molar-refractivity contribution in [3.8, 4) is 5.69 Å². The van der Waals surface area contributed by atoms with Crippen molar-refractivity contribution in [1.29, 1.82) is 0 Å². The number of nitrogens with zero attached hydrogens (tertiary/aromatic N) is 5. The van der Waals surface area contributed by atoms with Crippen LogP contribution in [-0.4, -0.2) is 31.9 Å². The van der Waals surface area contributed by atoms with Crippen LogP contribution in [0.3, 0.4) is 0 Å². The van der Waals surface area contributed by atoms with Gasteiger partial charge in [-0.25, -0.2) is 4.68 Å². The molecule has 23 heavy (non-hydrogen) atoms. The van der Waals surface area contributed by atoms with Crippen LogP contribution in [0.1, 0.15) is 30.6 Å². The summed E-state index contributed by atoms with van der Waals surface area (Å²) >= 11 is 0. The molecule has 0 fully saturated rings. The zero-order valence-corrected chi connectivity index (χ0v) is 13.5. The number of para-hydroxylation sites is 1. The maximum atomic E-state index is 5.28. The minimum atomic E-state index is 0.632. The van der Waals surface area contributed by atoms with Crippen molar-refractivity contribution in [2.45, 2.75) is 32.9 Å². The van der Waals surface area contributed by atoms with Crippen molar-refractivity contribution in [3.63, 3.8) is 0 Å². The van der Waals surface area contributed by atoms with Crippen LogP contribution in [0.5, 0.6) is 0 Å². The molecule has 0 spiro atoms. The van der Waals surface area contributed by atoms with Crippen LogP contribution < -0.4 is 0 Å². The Kier molecular flexibility index (Phi) is 4.83. The van der Waals surface area contributed by atoms with E-state index >= 15 is 0 Å². The smallest absolute Gasteiger partial charge is 0.240 e. The first-order valence-corrected chi connectivity index (χ1v) is 7.83. The molecule has 0 radical (unpaired) electrons. The standard InChI is InChI=1S/C17H21N5O/c1-3-7-16-19-17(23-20-16)13-21(2)11-14-10-18-22(12-14)15-8-5-4-6-9-15/h4-6,8-10,12H,3,7,11,13H2,1-2H3. The third-order valence-corrected chi connectivity index (χ3v) is 3.50. The first-order valence-electron chi connectivity index (χ1n) is 7.83. The molecule has 0 unspecified atom stereocenters. The molecular weight excluding hydrogens is 290 g/mol. The van der Waals surface area contributed by atoms with E-state index in [9.17, 15) is 0 Å². The highest BCUT2D eigenvalue weighted by atomic mass is 16.5. The molecule has 2 aromatic heterocycles. The highest BCUT2D eigenvalue weighted by molar-refractivity contribution is 5.30. The van der Waals surface area contributed by atoms with Gasteiger partial charge in [0.15, 0.2) is 5.82 Å². The molecule has 0 N–H and O–H groups in total. The molecule has 6 heteroatoms. The highest BCUT2D eigenvalue weighted by Crippen LogP contribution is 2.10. The first kappa shape index (κ1) is 15.4. The van der Waals surface area contributed by atoms with Gasteiger partial charge < -0.3 is 4.52 Å². The molecule has 6 nitrogen and oxygen atoms in total. The van der Waals surface area contributed by atoms with Gasteiger partial charge in [-0.3, -0.25) is 4.90 Å². The second-order valence-corrected chi connectivity index (χ2v) is 5.66. The maximum Gasteiger partial charge on any atom is 0.240 e. The van der Waals surface area contributed by atoms with Crippen LogP contribution >= 0.6 is 0 Å². The van der Waals surface area contributed by atoms with E-state index < -0.39 is 0 Å². The molecule has 0 saturated heterocycles. The minimum Gasteiger partial charge on any atom is -0.338 e. The Morgan fingerprint density at radius 1 is 1.17 bits per heavy atom. The summed E-state index contributed by atoms with van der Waals surface area (Å²) in [5.41, 5.74) is 2.20. The normalized spacial score (nSPS) is 11.3. The number of hydrogen-bond acceptors (Lipinski definition) is 5. The van der Waals surface area contributed by atoms with E-state index in [1.165, 1.54) is 0 Å². The Labute approximate surface area is 135 Å². The molecule has 0 aliphatic carbocycles. The summed E-state index contributed by atoms with van der Waals surface area (Å²) in [7, 11) is 2.03. The van der Waals surface area contributed by atoms with Gasteiger partial charge in [-0.1, -0.05) is 30.3 Å². The molecule has 3 rings (SSSR count). The molecular formula is C17H21N5O. The SMILES string of the molecule is CCCc1noc(CN(C)Cc2cnn(-c3ccccc3)c2)n1. The predicted octanol–water partition coefficient (Wildman–Crippen LogP) is 2.84. The molecule has 0 aliphatic rings. The van der Waals surface area contributed by atoms with Gasteiger partial charge >= 0.3 is 0 Å². The minimum absolute atomic E-state index is 0.632. The van der Waals surface area contributed by atoms with Gasteiger partial charge in [0.05, 0.1) is 18.4 Å². The fraction of sp³-hybridized carbons (Fsp3) is 0.353. The van der Waals surface area contributed by atoms with Gasteiger partial charge in [0, 0.05) is 24.7 Å². The summed E-state index contributed by atoms with van der Waals surface area (Å²) in [4.78, 5) is 6.53.